The summed E-state index contributed by atoms with van der Waals surface area (Å²) in [5, 5.41) is 3.74. The van der Waals surface area contributed by atoms with E-state index in [2.05, 4.69) is 10.1 Å². The maximum Gasteiger partial charge on any atom is 0.344 e. The molecule has 1 atom stereocenters. The van der Waals surface area contributed by atoms with Crippen LogP contribution < -0.4 is 16.0 Å². The van der Waals surface area contributed by atoms with Gasteiger partial charge in [-0.25, -0.2) is 22.3 Å². The molecule has 1 aliphatic carbocycles. The zero-order valence-corrected chi connectivity index (χ0v) is 18.4. The van der Waals surface area contributed by atoms with Gasteiger partial charge in [0.1, 0.15) is 6.20 Å². The number of ether oxygens (including phenoxy) is 1. The standard InChI is InChI=1S/C21H28FN3O5S/c1-15(17-7-8-18(22)19(11-17)30-13-16-5-6-16)14-31(28,29)10-4-2-3-9-25-21(27)24-20(26)12-23-25/h7-8,11-12,15-16H,2-6,9-10,13-14H2,1H3,(H,24,26,27)/t15-/m0/s1. The summed E-state index contributed by atoms with van der Waals surface area (Å²) in [6, 6.07) is 4.54. The second-order valence-corrected chi connectivity index (χ2v) is 10.4. The molecule has 3 rings (SSSR count). The Hall–Kier alpha value is -2.49. The second-order valence-electron chi connectivity index (χ2n) is 8.18. The number of hydrogen-bond donors (Lipinski definition) is 1. The molecule has 1 saturated carbocycles. The Balaban J connectivity index is 1.45. The molecule has 0 aliphatic heterocycles. The fourth-order valence-electron chi connectivity index (χ4n) is 3.29. The van der Waals surface area contributed by atoms with Crippen LogP contribution in [0.25, 0.3) is 0 Å². The average Bonchev–Trinajstić information content (AvgIpc) is 3.52. The van der Waals surface area contributed by atoms with Crippen molar-refractivity contribution in [3.8, 4) is 5.75 Å². The van der Waals surface area contributed by atoms with Crippen molar-refractivity contribution in [2.75, 3.05) is 18.1 Å². The van der Waals surface area contributed by atoms with Crippen molar-refractivity contribution in [1.82, 2.24) is 14.8 Å². The van der Waals surface area contributed by atoms with E-state index in [1.165, 1.54) is 6.07 Å². The Bertz CT molecular complexity index is 1110. The van der Waals surface area contributed by atoms with Gasteiger partial charge in [-0.1, -0.05) is 19.4 Å². The number of sulfone groups is 1. The van der Waals surface area contributed by atoms with Crippen molar-refractivity contribution in [3.63, 3.8) is 0 Å². The van der Waals surface area contributed by atoms with Gasteiger partial charge in [0, 0.05) is 6.54 Å². The van der Waals surface area contributed by atoms with E-state index in [-0.39, 0.29) is 23.2 Å². The van der Waals surface area contributed by atoms with Crippen LogP contribution in [0.3, 0.4) is 0 Å². The van der Waals surface area contributed by atoms with Gasteiger partial charge in [0.05, 0.1) is 18.1 Å². The molecule has 1 aromatic carbocycles. The quantitative estimate of drug-likeness (QED) is 0.494. The Morgan fingerprint density at radius 3 is 2.74 bits per heavy atom. The first-order valence-corrected chi connectivity index (χ1v) is 12.3. The minimum Gasteiger partial charge on any atom is -0.490 e. The largest absolute Gasteiger partial charge is 0.490 e. The molecule has 10 heteroatoms. The molecule has 31 heavy (non-hydrogen) atoms. The van der Waals surface area contributed by atoms with Crippen LogP contribution in [0.2, 0.25) is 0 Å². The zero-order chi connectivity index (χ0) is 22.4. The molecule has 0 spiro atoms. The minimum atomic E-state index is -3.29. The van der Waals surface area contributed by atoms with Gasteiger partial charge in [-0.2, -0.15) is 5.10 Å². The second kappa shape index (κ2) is 10.2. The van der Waals surface area contributed by atoms with Crippen LogP contribution in [0.4, 0.5) is 4.39 Å². The fraction of sp³-hybridized carbons (Fsp3) is 0.571. The topological polar surface area (TPSA) is 111 Å². The highest BCUT2D eigenvalue weighted by Crippen LogP contribution is 2.31. The Labute approximate surface area is 180 Å². The van der Waals surface area contributed by atoms with E-state index in [0.717, 1.165) is 29.3 Å². The highest BCUT2D eigenvalue weighted by molar-refractivity contribution is 7.91. The SMILES string of the molecule is C[C@@H](CS(=O)(=O)CCCCCn1ncc(=O)[nH]c1=O)c1ccc(F)c(OCC2CC2)c1. The van der Waals surface area contributed by atoms with Gasteiger partial charge in [0.25, 0.3) is 5.56 Å². The number of halogens is 1. The summed E-state index contributed by atoms with van der Waals surface area (Å²) in [6.07, 6.45) is 4.89. The van der Waals surface area contributed by atoms with E-state index in [1.807, 2.05) is 6.92 Å². The van der Waals surface area contributed by atoms with E-state index >= 15 is 0 Å². The predicted octanol–water partition coefficient (Wildman–Crippen LogP) is 2.25. The fourth-order valence-corrected chi connectivity index (χ4v) is 5.05. The molecular formula is C21H28FN3O5S. The summed E-state index contributed by atoms with van der Waals surface area (Å²) in [4.78, 5) is 24.7. The molecule has 1 aromatic heterocycles. The third-order valence-corrected chi connectivity index (χ3v) is 7.22. The van der Waals surface area contributed by atoms with E-state index in [4.69, 9.17) is 4.74 Å². The van der Waals surface area contributed by atoms with Crippen LogP contribution in [0.1, 0.15) is 50.5 Å². The van der Waals surface area contributed by atoms with Gasteiger partial charge in [-0.05, 0) is 55.2 Å². The molecule has 1 aliphatic rings. The maximum atomic E-state index is 14.0. The number of aryl methyl sites for hydroxylation is 1. The highest BCUT2D eigenvalue weighted by atomic mass is 32.2. The molecule has 0 unspecified atom stereocenters. The Morgan fingerprint density at radius 2 is 2.03 bits per heavy atom. The minimum absolute atomic E-state index is 0.0262. The van der Waals surface area contributed by atoms with Gasteiger partial charge in [0.15, 0.2) is 21.4 Å². The lowest BCUT2D eigenvalue weighted by Gasteiger charge is -2.15. The zero-order valence-electron chi connectivity index (χ0n) is 17.5. The summed E-state index contributed by atoms with van der Waals surface area (Å²) in [7, 11) is -3.29. The number of aromatic nitrogens is 3. The molecule has 0 amide bonds. The number of nitrogens with one attached hydrogen (secondary N) is 1. The first-order valence-electron chi connectivity index (χ1n) is 10.5. The van der Waals surface area contributed by atoms with Crippen molar-refractivity contribution in [1.29, 1.82) is 0 Å². The number of aromatic amines is 1. The summed E-state index contributed by atoms with van der Waals surface area (Å²) in [5.41, 5.74) is -0.391. The van der Waals surface area contributed by atoms with Gasteiger partial charge in [-0.3, -0.25) is 9.78 Å². The lowest BCUT2D eigenvalue weighted by Crippen LogP contribution is -2.31. The summed E-state index contributed by atoms with van der Waals surface area (Å²) in [6.45, 7) is 2.61. The van der Waals surface area contributed by atoms with Crippen molar-refractivity contribution in [3.05, 3.63) is 56.6 Å². The van der Waals surface area contributed by atoms with Gasteiger partial charge in [-0.15, -0.1) is 0 Å². The van der Waals surface area contributed by atoms with E-state index in [9.17, 15) is 22.4 Å². The van der Waals surface area contributed by atoms with Crippen molar-refractivity contribution < 1.29 is 17.5 Å². The molecule has 0 saturated heterocycles. The first-order chi connectivity index (χ1) is 14.7. The molecule has 1 fully saturated rings. The van der Waals surface area contributed by atoms with Crippen LogP contribution in [-0.4, -0.2) is 41.3 Å². The first kappa shape index (κ1) is 23.2. The molecule has 0 bridgehead atoms. The molecule has 1 heterocycles. The van der Waals surface area contributed by atoms with Gasteiger partial charge >= 0.3 is 5.69 Å². The Morgan fingerprint density at radius 1 is 1.26 bits per heavy atom. The maximum absolute atomic E-state index is 14.0. The Kier molecular flexibility index (Phi) is 7.64. The van der Waals surface area contributed by atoms with Crippen LogP contribution in [-0.2, 0) is 16.4 Å². The lowest BCUT2D eigenvalue weighted by molar-refractivity contribution is 0.285. The van der Waals surface area contributed by atoms with Crippen molar-refractivity contribution >= 4 is 9.84 Å². The molecular weight excluding hydrogens is 425 g/mol. The van der Waals surface area contributed by atoms with Gasteiger partial charge in [0.2, 0.25) is 0 Å². The average molecular weight is 454 g/mol. The van der Waals surface area contributed by atoms with Crippen LogP contribution >= 0.6 is 0 Å². The van der Waals surface area contributed by atoms with Crippen molar-refractivity contribution in [2.24, 2.45) is 5.92 Å². The van der Waals surface area contributed by atoms with Gasteiger partial charge < -0.3 is 4.74 Å². The molecule has 0 radical (unpaired) electrons. The van der Waals surface area contributed by atoms with E-state index in [1.54, 1.807) is 12.1 Å². The van der Waals surface area contributed by atoms with Crippen molar-refractivity contribution in [2.45, 2.75) is 51.5 Å². The monoisotopic (exact) mass is 453 g/mol. The number of unbranched alkanes of at least 4 members (excludes halogenated alkanes) is 2. The van der Waals surface area contributed by atoms with Crippen LogP contribution in [0, 0.1) is 11.7 Å². The van der Waals surface area contributed by atoms with E-state index < -0.39 is 26.9 Å². The molecule has 2 aromatic rings. The van der Waals surface area contributed by atoms with Crippen LogP contribution in [0.15, 0.2) is 34.0 Å². The number of H-pyrrole nitrogens is 1. The lowest BCUT2D eigenvalue weighted by atomic mass is 10.0. The normalized spacial score (nSPS) is 15.0. The van der Waals surface area contributed by atoms with E-state index in [0.29, 0.717) is 38.3 Å². The number of rotatable bonds is 12. The summed E-state index contributed by atoms with van der Waals surface area (Å²) >= 11 is 0. The number of nitrogens with zero attached hydrogens (tertiary/aromatic N) is 2. The van der Waals surface area contributed by atoms with Crippen LogP contribution in [0.5, 0.6) is 5.75 Å². The third-order valence-electron chi connectivity index (χ3n) is 5.30. The molecule has 170 valence electrons. The summed E-state index contributed by atoms with van der Waals surface area (Å²) in [5.74, 6) is -0.0216. The highest BCUT2D eigenvalue weighted by Gasteiger charge is 2.23. The third kappa shape index (κ3) is 7.30. The predicted molar refractivity (Wildman–Crippen MR) is 115 cm³/mol. The smallest absolute Gasteiger partial charge is 0.344 e. The number of hydrogen-bond acceptors (Lipinski definition) is 6. The number of benzene rings is 1. The molecule has 8 nitrogen and oxygen atoms in total. The molecule has 1 N–H and O–H groups in total. The summed E-state index contributed by atoms with van der Waals surface area (Å²) < 4.78 is 45.7.